The van der Waals surface area contributed by atoms with Gasteiger partial charge in [-0.25, -0.2) is 19.2 Å². The number of rotatable bonds is 4. The lowest BCUT2D eigenvalue weighted by Crippen LogP contribution is -2.15. The quantitative estimate of drug-likeness (QED) is 0.584. The molecule has 0 unspecified atom stereocenters. The SMILES string of the molecule is Cc1ccc(Cl)c(NS(=O)(=O)c2ccc(NN)nc2)c1Cl. The largest absolute Gasteiger partial charge is 0.308 e. The Balaban J connectivity index is 2.39. The number of aromatic nitrogens is 1. The van der Waals surface area contributed by atoms with Crippen molar-refractivity contribution in [1.29, 1.82) is 0 Å². The van der Waals surface area contributed by atoms with Crippen molar-refractivity contribution >= 4 is 44.7 Å². The van der Waals surface area contributed by atoms with E-state index >= 15 is 0 Å². The second-order valence-corrected chi connectivity index (χ2v) is 6.65. The van der Waals surface area contributed by atoms with E-state index in [-0.39, 0.29) is 20.6 Å². The van der Waals surface area contributed by atoms with Crippen LogP contribution in [0.2, 0.25) is 10.0 Å². The van der Waals surface area contributed by atoms with Crippen LogP contribution in [0.3, 0.4) is 0 Å². The van der Waals surface area contributed by atoms with Crippen LogP contribution in [-0.4, -0.2) is 13.4 Å². The maximum Gasteiger partial charge on any atom is 0.263 e. The van der Waals surface area contributed by atoms with Crippen LogP contribution in [0.15, 0.2) is 35.4 Å². The van der Waals surface area contributed by atoms with E-state index in [0.717, 1.165) is 0 Å². The summed E-state index contributed by atoms with van der Waals surface area (Å²) in [5.41, 5.74) is 3.16. The fourth-order valence-electron chi connectivity index (χ4n) is 1.57. The Morgan fingerprint density at radius 1 is 1.19 bits per heavy atom. The molecule has 1 aromatic carbocycles. The fraction of sp³-hybridized carbons (Fsp3) is 0.0833. The number of aryl methyl sites for hydroxylation is 1. The molecule has 0 radical (unpaired) electrons. The van der Waals surface area contributed by atoms with Crippen LogP contribution in [0.1, 0.15) is 5.56 Å². The minimum absolute atomic E-state index is 0.0323. The summed E-state index contributed by atoms with van der Waals surface area (Å²) in [7, 11) is -3.85. The Kier molecular flexibility index (Phi) is 4.58. The third-order valence-corrected chi connectivity index (χ3v) is 4.85. The Labute approximate surface area is 132 Å². The fourth-order valence-corrected chi connectivity index (χ4v) is 3.18. The normalized spacial score (nSPS) is 11.2. The van der Waals surface area contributed by atoms with Gasteiger partial charge in [0.1, 0.15) is 10.7 Å². The van der Waals surface area contributed by atoms with E-state index in [4.69, 9.17) is 29.0 Å². The van der Waals surface area contributed by atoms with Crippen LogP contribution in [0.25, 0.3) is 0 Å². The molecule has 0 bridgehead atoms. The number of pyridine rings is 1. The molecule has 6 nitrogen and oxygen atoms in total. The van der Waals surface area contributed by atoms with E-state index in [1.807, 2.05) is 0 Å². The highest BCUT2D eigenvalue weighted by Crippen LogP contribution is 2.34. The third kappa shape index (κ3) is 3.38. The van der Waals surface area contributed by atoms with E-state index in [9.17, 15) is 8.42 Å². The number of nitrogen functional groups attached to an aromatic ring is 1. The summed E-state index contributed by atoms with van der Waals surface area (Å²) in [6.07, 6.45) is 1.18. The summed E-state index contributed by atoms with van der Waals surface area (Å²) in [4.78, 5) is 3.81. The van der Waals surface area contributed by atoms with Gasteiger partial charge < -0.3 is 5.43 Å². The molecule has 0 aliphatic heterocycles. The molecule has 2 rings (SSSR count). The number of nitrogens with two attached hydrogens (primary N) is 1. The molecule has 0 atom stereocenters. The number of benzene rings is 1. The van der Waals surface area contributed by atoms with Gasteiger partial charge in [0.25, 0.3) is 10.0 Å². The van der Waals surface area contributed by atoms with Crippen molar-refractivity contribution in [3.63, 3.8) is 0 Å². The van der Waals surface area contributed by atoms with Crippen LogP contribution >= 0.6 is 23.2 Å². The number of sulfonamides is 1. The molecular weight excluding hydrogens is 335 g/mol. The van der Waals surface area contributed by atoms with E-state index < -0.39 is 10.0 Å². The van der Waals surface area contributed by atoms with Crippen LogP contribution in [0, 0.1) is 6.92 Å². The van der Waals surface area contributed by atoms with Crippen molar-refractivity contribution in [2.24, 2.45) is 5.84 Å². The highest BCUT2D eigenvalue weighted by molar-refractivity contribution is 7.92. The zero-order valence-corrected chi connectivity index (χ0v) is 13.2. The van der Waals surface area contributed by atoms with E-state index in [2.05, 4.69) is 15.1 Å². The maximum atomic E-state index is 12.3. The highest BCUT2D eigenvalue weighted by Gasteiger charge is 2.19. The molecule has 1 heterocycles. The maximum absolute atomic E-state index is 12.3. The number of nitrogens with one attached hydrogen (secondary N) is 2. The van der Waals surface area contributed by atoms with Gasteiger partial charge in [-0.1, -0.05) is 29.3 Å². The molecule has 0 saturated carbocycles. The topological polar surface area (TPSA) is 97.1 Å². The Morgan fingerprint density at radius 3 is 2.48 bits per heavy atom. The first-order chi connectivity index (χ1) is 9.85. The van der Waals surface area contributed by atoms with Crippen molar-refractivity contribution in [2.75, 3.05) is 10.1 Å². The Bertz CT molecular complexity index is 764. The predicted octanol–water partition coefficient (Wildman–Crippen LogP) is 2.78. The average Bonchev–Trinajstić information content (AvgIpc) is 2.48. The summed E-state index contributed by atoms with van der Waals surface area (Å²) in [6.45, 7) is 1.75. The average molecular weight is 347 g/mol. The monoisotopic (exact) mass is 346 g/mol. The van der Waals surface area contributed by atoms with Crippen molar-refractivity contribution in [1.82, 2.24) is 4.98 Å². The first kappa shape index (κ1) is 15.8. The Hall–Kier alpha value is -1.54. The first-order valence-electron chi connectivity index (χ1n) is 5.75. The molecule has 2 aromatic rings. The third-order valence-electron chi connectivity index (χ3n) is 2.72. The molecular formula is C12H12Cl2N4O2S. The predicted molar refractivity (Wildman–Crippen MR) is 84.1 cm³/mol. The lowest BCUT2D eigenvalue weighted by Gasteiger charge is -2.12. The minimum atomic E-state index is -3.85. The minimum Gasteiger partial charge on any atom is -0.308 e. The van der Waals surface area contributed by atoms with Gasteiger partial charge in [0.05, 0.1) is 15.7 Å². The molecule has 1 aromatic heterocycles. The number of halogens is 2. The molecule has 4 N–H and O–H groups in total. The van der Waals surface area contributed by atoms with Crippen molar-refractivity contribution < 1.29 is 8.42 Å². The van der Waals surface area contributed by atoms with E-state index in [1.54, 1.807) is 19.1 Å². The molecule has 9 heteroatoms. The number of hydrogen-bond acceptors (Lipinski definition) is 5. The summed E-state index contributed by atoms with van der Waals surface area (Å²) in [6, 6.07) is 6.07. The van der Waals surface area contributed by atoms with Crippen LogP contribution in [0.5, 0.6) is 0 Å². The Morgan fingerprint density at radius 2 is 1.90 bits per heavy atom. The van der Waals surface area contributed by atoms with E-state index in [1.165, 1.54) is 18.3 Å². The molecule has 0 fully saturated rings. The second-order valence-electron chi connectivity index (χ2n) is 4.18. The molecule has 21 heavy (non-hydrogen) atoms. The number of hydrogen-bond donors (Lipinski definition) is 3. The van der Waals surface area contributed by atoms with Crippen molar-refractivity contribution in [3.05, 3.63) is 46.1 Å². The van der Waals surface area contributed by atoms with Crippen LogP contribution < -0.4 is 16.0 Å². The summed E-state index contributed by atoms with van der Waals surface area (Å²) < 4.78 is 27.0. The second kappa shape index (κ2) is 6.07. The van der Waals surface area contributed by atoms with Crippen LogP contribution in [-0.2, 0) is 10.0 Å². The summed E-state index contributed by atoms with van der Waals surface area (Å²) in [5, 5.41) is 0.460. The van der Waals surface area contributed by atoms with Gasteiger partial charge in [-0.2, -0.15) is 0 Å². The summed E-state index contributed by atoms with van der Waals surface area (Å²) in [5.74, 6) is 5.52. The highest BCUT2D eigenvalue weighted by atomic mass is 35.5. The molecule has 0 saturated heterocycles. The molecule has 0 aliphatic carbocycles. The summed E-state index contributed by atoms with van der Waals surface area (Å²) >= 11 is 12.1. The van der Waals surface area contributed by atoms with Crippen molar-refractivity contribution in [2.45, 2.75) is 11.8 Å². The van der Waals surface area contributed by atoms with Gasteiger partial charge in [-0.05, 0) is 30.7 Å². The lowest BCUT2D eigenvalue weighted by molar-refractivity contribution is 0.601. The van der Waals surface area contributed by atoms with Gasteiger partial charge in [0.15, 0.2) is 0 Å². The van der Waals surface area contributed by atoms with Gasteiger partial charge in [0.2, 0.25) is 0 Å². The van der Waals surface area contributed by atoms with E-state index in [0.29, 0.717) is 11.4 Å². The van der Waals surface area contributed by atoms with Gasteiger partial charge in [-0.15, -0.1) is 0 Å². The standard InChI is InChI=1S/C12H12Cl2N4O2S/c1-7-2-4-9(13)12(11(7)14)18-21(19,20)8-3-5-10(17-15)16-6-8/h2-6,18H,15H2,1H3,(H,16,17). The van der Waals surface area contributed by atoms with Crippen molar-refractivity contribution in [3.8, 4) is 0 Å². The number of hydrazine groups is 1. The zero-order chi connectivity index (χ0) is 15.6. The molecule has 112 valence electrons. The molecule has 0 aliphatic rings. The number of nitrogens with zero attached hydrogens (tertiary/aromatic N) is 1. The molecule has 0 amide bonds. The van der Waals surface area contributed by atoms with Gasteiger partial charge in [0, 0.05) is 6.20 Å². The molecule has 0 spiro atoms. The zero-order valence-electron chi connectivity index (χ0n) is 10.9. The number of anilines is 2. The van der Waals surface area contributed by atoms with Gasteiger partial charge >= 0.3 is 0 Å². The smallest absolute Gasteiger partial charge is 0.263 e. The van der Waals surface area contributed by atoms with Gasteiger partial charge in [-0.3, -0.25) is 4.72 Å². The van der Waals surface area contributed by atoms with Crippen LogP contribution in [0.4, 0.5) is 11.5 Å². The first-order valence-corrected chi connectivity index (χ1v) is 7.99. The lowest BCUT2D eigenvalue weighted by atomic mass is 10.2.